The van der Waals surface area contributed by atoms with E-state index in [0.29, 0.717) is 18.3 Å². The number of pyridine rings is 3. The normalized spacial score (nSPS) is 16.8. The summed E-state index contributed by atoms with van der Waals surface area (Å²) in [5.41, 5.74) is 3.00. The lowest BCUT2D eigenvalue weighted by Gasteiger charge is -2.41. The summed E-state index contributed by atoms with van der Waals surface area (Å²) in [7, 11) is 2.15. The van der Waals surface area contributed by atoms with Crippen LogP contribution in [-0.4, -0.2) is 70.7 Å². The maximum Gasteiger partial charge on any atom is 0.251 e. The Kier molecular flexibility index (Phi) is 6.55. The first kappa shape index (κ1) is 23.1. The van der Waals surface area contributed by atoms with Crippen molar-refractivity contribution in [3.8, 4) is 0 Å². The average molecular weight is 472 g/mol. The number of hydrogen-bond acceptors (Lipinski definition) is 7. The average Bonchev–Trinajstić information content (AvgIpc) is 2.85. The Morgan fingerprint density at radius 1 is 1.09 bits per heavy atom. The quantitative estimate of drug-likeness (QED) is 0.506. The molecule has 2 fully saturated rings. The van der Waals surface area contributed by atoms with Crippen molar-refractivity contribution in [2.24, 2.45) is 5.92 Å². The molecular weight excluding hydrogens is 438 g/mol. The van der Waals surface area contributed by atoms with E-state index in [2.05, 4.69) is 56.3 Å². The molecule has 0 aliphatic carbocycles. The lowest BCUT2D eigenvalue weighted by atomic mass is 9.95. The molecule has 35 heavy (non-hydrogen) atoms. The molecule has 0 atom stereocenters. The smallest absolute Gasteiger partial charge is 0.251 e. The fourth-order valence-corrected chi connectivity index (χ4v) is 4.76. The van der Waals surface area contributed by atoms with Crippen molar-refractivity contribution in [2.45, 2.75) is 13.0 Å². The second-order valence-corrected chi connectivity index (χ2v) is 9.52. The van der Waals surface area contributed by atoms with E-state index < -0.39 is 0 Å². The van der Waals surface area contributed by atoms with Crippen molar-refractivity contribution < 1.29 is 0 Å². The first-order chi connectivity index (χ1) is 17.0. The minimum atomic E-state index is 0.0102. The second kappa shape index (κ2) is 9.92. The van der Waals surface area contributed by atoms with Gasteiger partial charge in [-0.2, -0.15) is 0 Å². The largest absolute Gasteiger partial charge is 0.371 e. The highest BCUT2D eigenvalue weighted by molar-refractivity contribution is 5.81. The van der Waals surface area contributed by atoms with Crippen LogP contribution >= 0.6 is 0 Å². The van der Waals surface area contributed by atoms with E-state index in [1.807, 2.05) is 35.2 Å². The number of likely N-dealkylation sites (N-methyl/N-ethyl adjacent to an activating group) is 1. The molecule has 3 aromatic rings. The third-order valence-corrected chi connectivity index (χ3v) is 7.11. The SMILES string of the molecule is C=CC(=C)N1CC(CCn2c(=O)ccc3cnc(Nc4ccc(N5CCN(C)CC5)cn4)cc32)C1. The number of piperazine rings is 1. The monoisotopic (exact) mass is 471 g/mol. The van der Waals surface area contributed by atoms with Crippen molar-refractivity contribution >= 4 is 28.2 Å². The molecule has 0 saturated carbocycles. The van der Waals surface area contributed by atoms with Crippen LogP contribution in [0.3, 0.4) is 0 Å². The molecule has 0 bridgehead atoms. The molecule has 0 amide bonds. The van der Waals surface area contributed by atoms with Crippen molar-refractivity contribution in [3.63, 3.8) is 0 Å². The number of allylic oxidation sites excluding steroid dienone is 1. The number of nitrogens with one attached hydrogen (secondary N) is 1. The Morgan fingerprint density at radius 3 is 2.57 bits per heavy atom. The van der Waals surface area contributed by atoms with Gasteiger partial charge in [-0.25, -0.2) is 9.97 Å². The minimum Gasteiger partial charge on any atom is -0.371 e. The highest BCUT2D eigenvalue weighted by Crippen LogP contribution is 2.25. The fraction of sp³-hybridized carbons (Fsp3) is 0.370. The van der Waals surface area contributed by atoms with Crippen LogP contribution in [-0.2, 0) is 6.54 Å². The zero-order valence-corrected chi connectivity index (χ0v) is 20.4. The van der Waals surface area contributed by atoms with Gasteiger partial charge in [-0.05, 0) is 43.7 Å². The van der Waals surface area contributed by atoms with Gasteiger partial charge < -0.3 is 24.6 Å². The lowest BCUT2D eigenvalue weighted by Crippen LogP contribution is -2.45. The van der Waals surface area contributed by atoms with E-state index in [9.17, 15) is 4.79 Å². The molecule has 2 aliphatic rings. The van der Waals surface area contributed by atoms with E-state index in [0.717, 1.165) is 73.8 Å². The summed E-state index contributed by atoms with van der Waals surface area (Å²) < 4.78 is 1.86. The Hall–Kier alpha value is -3.65. The Bertz CT molecular complexity index is 1270. The third kappa shape index (κ3) is 5.07. The summed E-state index contributed by atoms with van der Waals surface area (Å²) in [6.07, 6.45) is 6.46. The number of rotatable bonds is 8. The molecule has 2 aliphatic heterocycles. The maximum absolute atomic E-state index is 12.7. The van der Waals surface area contributed by atoms with E-state index in [4.69, 9.17) is 0 Å². The van der Waals surface area contributed by atoms with Crippen LogP contribution in [0.15, 0.2) is 72.5 Å². The van der Waals surface area contributed by atoms with E-state index in [1.54, 1.807) is 12.1 Å². The molecule has 0 aromatic carbocycles. The fourth-order valence-electron chi connectivity index (χ4n) is 4.76. The van der Waals surface area contributed by atoms with Crippen molar-refractivity contribution in [1.82, 2.24) is 24.3 Å². The number of fused-ring (bicyclic) bond motifs is 1. The van der Waals surface area contributed by atoms with Gasteiger partial charge in [0.2, 0.25) is 0 Å². The van der Waals surface area contributed by atoms with Crippen LogP contribution in [0.25, 0.3) is 10.9 Å². The van der Waals surface area contributed by atoms with Crippen LogP contribution in [0.5, 0.6) is 0 Å². The standard InChI is InChI=1S/C27H33N7O/c1-4-20(2)33-18-21(19-33)9-10-34-24-15-26(28-16-22(24)5-8-27(34)35)30-25-7-6-23(17-29-25)32-13-11-31(3)12-14-32/h4-8,15-17,21H,1-2,9-14,18-19H2,3H3,(H,28,29,30). The summed E-state index contributed by atoms with van der Waals surface area (Å²) in [6.45, 7) is 14.5. The second-order valence-electron chi connectivity index (χ2n) is 9.52. The summed E-state index contributed by atoms with van der Waals surface area (Å²) in [5, 5.41) is 4.25. The summed E-state index contributed by atoms with van der Waals surface area (Å²) in [6, 6.07) is 9.49. The van der Waals surface area contributed by atoms with E-state index >= 15 is 0 Å². The first-order valence-electron chi connectivity index (χ1n) is 12.2. The molecule has 0 spiro atoms. The van der Waals surface area contributed by atoms with Crippen molar-refractivity contribution in [2.75, 3.05) is 56.5 Å². The Balaban J connectivity index is 1.28. The zero-order valence-electron chi connectivity index (χ0n) is 20.4. The molecule has 0 unspecified atom stereocenters. The van der Waals surface area contributed by atoms with Gasteiger partial charge in [0, 0.05) is 75.2 Å². The number of nitrogens with zero attached hydrogens (tertiary/aromatic N) is 6. The van der Waals surface area contributed by atoms with E-state index in [1.165, 1.54) is 0 Å². The number of aromatic nitrogens is 3. The van der Waals surface area contributed by atoms with Gasteiger partial charge in [0.1, 0.15) is 11.6 Å². The topological polar surface area (TPSA) is 69.5 Å². The Morgan fingerprint density at radius 2 is 1.86 bits per heavy atom. The number of hydrogen-bond donors (Lipinski definition) is 1. The lowest BCUT2D eigenvalue weighted by molar-refractivity contribution is 0.136. The zero-order chi connectivity index (χ0) is 24.4. The molecule has 0 radical (unpaired) electrons. The number of likely N-dealkylation sites (tertiary alicyclic amines) is 1. The summed E-state index contributed by atoms with van der Waals surface area (Å²) in [5.74, 6) is 1.96. The van der Waals surface area contributed by atoms with Gasteiger partial charge in [-0.1, -0.05) is 13.2 Å². The number of anilines is 3. The van der Waals surface area contributed by atoms with Gasteiger partial charge >= 0.3 is 0 Å². The molecule has 1 N–H and O–H groups in total. The maximum atomic E-state index is 12.7. The number of aryl methyl sites for hydroxylation is 1. The molecule has 8 nitrogen and oxygen atoms in total. The highest BCUT2D eigenvalue weighted by atomic mass is 16.1. The molecule has 5 rings (SSSR count). The van der Waals surface area contributed by atoms with Crippen molar-refractivity contribution in [3.05, 3.63) is 78.0 Å². The van der Waals surface area contributed by atoms with E-state index in [-0.39, 0.29) is 5.56 Å². The van der Waals surface area contributed by atoms with Gasteiger partial charge in [0.25, 0.3) is 5.56 Å². The predicted octanol–water partition coefficient (Wildman–Crippen LogP) is 3.31. The first-order valence-corrected chi connectivity index (χ1v) is 12.2. The van der Waals surface area contributed by atoms with Crippen LogP contribution in [0.4, 0.5) is 17.3 Å². The summed E-state index contributed by atoms with van der Waals surface area (Å²) >= 11 is 0. The van der Waals surface area contributed by atoms with Gasteiger partial charge in [0.15, 0.2) is 0 Å². The van der Waals surface area contributed by atoms with Gasteiger partial charge in [-0.15, -0.1) is 0 Å². The molecule has 5 heterocycles. The van der Waals surface area contributed by atoms with Crippen LogP contribution < -0.4 is 15.8 Å². The van der Waals surface area contributed by atoms with Gasteiger partial charge in [0.05, 0.1) is 17.4 Å². The third-order valence-electron chi connectivity index (χ3n) is 7.11. The molecule has 182 valence electrons. The van der Waals surface area contributed by atoms with Crippen molar-refractivity contribution in [1.29, 1.82) is 0 Å². The molecule has 8 heteroatoms. The van der Waals surface area contributed by atoms with Crippen LogP contribution in [0.1, 0.15) is 6.42 Å². The molecule has 3 aromatic heterocycles. The predicted molar refractivity (Wildman–Crippen MR) is 142 cm³/mol. The highest BCUT2D eigenvalue weighted by Gasteiger charge is 2.26. The van der Waals surface area contributed by atoms with Crippen LogP contribution in [0, 0.1) is 5.92 Å². The molecule has 2 saturated heterocycles. The Labute approximate surface area is 206 Å². The van der Waals surface area contributed by atoms with Gasteiger partial charge in [-0.3, -0.25) is 4.79 Å². The molecular formula is C27H33N7O. The minimum absolute atomic E-state index is 0.0102. The van der Waals surface area contributed by atoms with Crippen LogP contribution in [0.2, 0.25) is 0 Å². The summed E-state index contributed by atoms with van der Waals surface area (Å²) in [4.78, 5) is 28.8.